The average Bonchev–Trinajstić information content (AvgIpc) is 2.87. The van der Waals surface area contributed by atoms with Crippen molar-refractivity contribution < 1.29 is 18.3 Å². The van der Waals surface area contributed by atoms with Gasteiger partial charge in [0.2, 0.25) is 5.91 Å². The molecule has 2 saturated heterocycles. The van der Waals surface area contributed by atoms with Crippen LogP contribution in [0.2, 0.25) is 0 Å². The molecule has 1 aromatic rings. The summed E-state index contributed by atoms with van der Waals surface area (Å²) >= 11 is 0. The Kier molecular flexibility index (Phi) is 3.93. The monoisotopic (exact) mass is 295 g/mol. The molecule has 5 heteroatoms. The SMILES string of the molecule is O=C1CC[C@]2(CCCO2)CCN1Cc1cc(F)ccc1F. The van der Waals surface area contributed by atoms with E-state index in [9.17, 15) is 13.6 Å². The van der Waals surface area contributed by atoms with Gasteiger partial charge in [-0.25, -0.2) is 8.78 Å². The minimum atomic E-state index is -0.482. The van der Waals surface area contributed by atoms with Gasteiger partial charge in [0.05, 0.1) is 5.60 Å². The van der Waals surface area contributed by atoms with Crippen molar-refractivity contribution in [2.45, 2.75) is 44.2 Å². The lowest BCUT2D eigenvalue weighted by atomic mass is 9.92. The molecule has 2 aliphatic heterocycles. The first-order chi connectivity index (χ1) is 10.1. The minimum absolute atomic E-state index is 0.00830. The summed E-state index contributed by atoms with van der Waals surface area (Å²) in [4.78, 5) is 13.8. The first-order valence-electron chi connectivity index (χ1n) is 7.44. The number of rotatable bonds is 2. The molecule has 1 spiro atoms. The van der Waals surface area contributed by atoms with Gasteiger partial charge in [-0.3, -0.25) is 4.79 Å². The summed E-state index contributed by atoms with van der Waals surface area (Å²) < 4.78 is 32.8. The number of carbonyl (C=O) groups excluding carboxylic acids is 1. The number of nitrogens with zero attached hydrogens (tertiary/aromatic N) is 1. The standard InChI is InChI=1S/C16H19F2NO2/c17-13-2-3-14(18)12(10-13)11-19-8-7-16(5-1-9-21-16)6-4-15(19)20/h2-3,10H,1,4-9,11H2/t16-/m1/s1. The lowest BCUT2D eigenvalue weighted by molar-refractivity contribution is -0.131. The van der Waals surface area contributed by atoms with E-state index in [1.165, 1.54) is 0 Å². The van der Waals surface area contributed by atoms with Crippen molar-refractivity contribution in [3.8, 4) is 0 Å². The number of carbonyl (C=O) groups is 1. The van der Waals surface area contributed by atoms with Crippen LogP contribution in [0, 0.1) is 11.6 Å². The first kappa shape index (κ1) is 14.4. The molecule has 0 saturated carbocycles. The molecule has 0 aromatic heterocycles. The molecule has 1 atom stereocenters. The molecule has 2 aliphatic rings. The van der Waals surface area contributed by atoms with Crippen molar-refractivity contribution >= 4 is 5.91 Å². The number of hydrogen-bond acceptors (Lipinski definition) is 2. The van der Waals surface area contributed by atoms with Crippen LogP contribution >= 0.6 is 0 Å². The molecule has 1 amide bonds. The second-order valence-corrected chi connectivity index (χ2v) is 5.94. The lowest BCUT2D eigenvalue weighted by Gasteiger charge is -2.26. The number of ether oxygens (including phenoxy) is 1. The van der Waals surface area contributed by atoms with E-state index in [-0.39, 0.29) is 23.6 Å². The third-order valence-corrected chi connectivity index (χ3v) is 4.54. The molecule has 0 unspecified atom stereocenters. The molecule has 2 fully saturated rings. The van der Waals surface area contributed by atoms with Crippen molar-refractivity contribution in [2.75, 3.05) is 13.2 Å². The molecule has 3 rings (SSSR count). The van der Waals surface area contributed by atoms with Gasteiger partial charge in [-0.2, -0.15) is 0 Å². The molecule has 0 aliphatic carbocycles. The third-order valence-electron chi connectivity index (χ3n) is 4.54. The molecular weight excluding hydrogens is 276 g/mol. The Morgan fingerprint density at radius 2 is 2.10 bits per heavy atom. The lowest BCUT2D eigenvalue weighted by Crippen LogP contribution is -2.32. The quantitative estimate of drug-likeness (QED) is 0.839. The summed E-state index contributed by atoms with van der Waals surface area (Å²) in [5.74, 6) is -0.962. The zero-order valence-electron chi connectivity index (χ0n) is 11.9. The predicted molar refractivity (Wildman–Crippen MR) is 73.5 cm³/mol. The Bertz CT molecular complexity index is 541. The zero-order valence-corrected chi connectivity index (χ0v) is 11.9. The van der Waals surface area contributed by atoms with E-state index in [1.54, 1.807) is 4.90 Å². The fraction of sp³-hybridized carbons (Fsp3) is 0.562. The van der Waals surface area contributed by atoms with Crippen molar-refractivity contribution in [1.82, 2.24) is 4.90 Å². The van der Waals surface area contributed by atoms with Crippen LogP contribution in [0.5, 0.6) is 0 Å². The van der Waals surface area contributed by atoms with Crippen LogP contribution in [-0.4, -0.2) is 29.6 Å². The maximum atomic E-state index is 13.7. The summed E-state index contributed by atoms with van der Waals surface area (Å²) in [5, 5.41) is 0. The number of likely N-dealkylation sites (tertiary alicyclic amines) is 1. The van der Waals surface area contributed by atoms with Gasteiger partial charge >= 0.3 is 0 Å². The van der Waals surface area contributed by atoms with Crippen LogP contribution in [-0.2, 0) is 16.1 Å². The van der Waals surface area contributed by atoms with E-state index < -0.39 is 11.6 Å². The molecule has 114 valence electrons. The van der Waals surface area contributed by atoms with Crippen LogP contribution in [0.1, 0.15) is 37.7 Å². The van der Waals surface area contributed by atoms with Gasteiger partial charge in [0.1, 0.15) is 11.6 Å². The summed E-state index contributed by atoms with van der Waals surface area (Å²) in [6.45, 7) is 1.42. The topological polar surface area (TPSA) is 29.5 Å². The Morgan fingerprint density at radius 1 is 1.24 bits per heavy atom. The molecule has 2 heterocycles. The Morgan fingerprint density at radius 3 is 2.86 bits per heavy atom. The summed E-state index contributed by atoms with van der Waals surface area (Å²) in [5.41, 5.74) is 0.0527. The molecule has 0 N–H and O–H groups in total. The molecule has 1 aromatic carbocycles. The maximum Gasteiger partial charge on any atom is 0.222 e. The predicted octanol–water partition coefficient (Wildman–Crippen LogP) is 3.03. The van der Waals surface area contributed by atoms with Gasteiger partial charge in [0.15, 0.2) is 0 Å². The fourth-order valence-electron chi connectivity index (χ4n) is 3.27. The first-order valence-corrected chi connectivity index (χ1v) is 7.44. The second-order valence-electron chi connectivity index (χ2n) is 5.94. The van der Waals surface area contributed by atoms with Gasteiger partial charge in [-0.05, 0) is 43.9 Å². The molecule has 0 bridgehead atoms. The highest BCUT2D eigenvalue weighted by molar-refractivity contribution is 5.76. The normalized spacial score (nSPS) is 26.4. The van der Waals surface area contributed by atoms with Crippen molar-refractivity contribution in [3.63, 3.8) is 0 Å². The van der Waals surface area contributed by atoms with Crippen LogP contribution in [0.3, 0.4) is 0 Å². The average molecular weight is 295 g/mol. The van der Waals surface area contributed by atoms with Crippen LogP contribution in [0.4, 0.5) is 8.78 Å². The Labute approximate surface area is 122 Å². The van der Waals surface area contributed by atoms with Crippen molar-refractivity contribution in [2.24, 2.45) is 0 Å². The highest BCUT2D eigenvalue weighted by atomic mass is 19.1. The smallest absolute Gasteiger partial charge is 0.222 e. The fourth-order valence-corrected chi connectivity index (χ4v) is 3.27. The van der Waals surface area contributed by atoms with Gasteiger partial charge in [0.25, 0.3) is 0 Å². The summed E-state index contributed by atoms with van der Waals surface area (Å²) in [6.07, 6.45) is 3.94. The van der Waals surface area contributed by atoms with Crippen LogP contribution < -0.4 is 0 Å². The van der Waals surface area contributed by atoms with Crippen LogP contribution in [0.15, 0.2) is 18.2 Å². The summed E-state index contributed by atoms with van der Waals surface area (Å²) in [6, 6.07) is 3.36. The van der Waals surface area contributed by atoms with E-state index in [0.717, 1.165) is 50.5 Å². The number of benzene rings is 1. The summed E-state index contributed by atoms with van der Waals surface area (Å²) in [7, 11) is 0. The zero-order chi connectivity index (χ0) is 14.9. The number of amides is 1. The van der Waals surface area contributed by atoms with Gasteiger partial charge < -0.3 is 9.64 Å². The molecule has 21 heavy (non-hydrogen) atoms. The van der Waals surface area contributed by atoms with Gasteiger partial charge in [-0.15, -0.1) is 0 Å². The van der Waals surface area contributed by atoms with Crippen LogP contribution in [0.25, 0.3) is 0 Å². The van der Waals surface area contributed by atoms with E-state index in [1.807, 2.05) is 0 Å². The maximum absolute atomic E-state index is 13.7. The highest BCUT2D eigenvalue weighted by Gasteiger charge is 2.38. The molecule has 3 nitrogen and oxygen atoms in total. The molecule has 0 radical (unpaired) electrons. The molecular formula is C16H19F2NO2. The van der Waals surface area contributed by atoms with E-state index >= 15 is 0 Å². The minimum Gasteiger partial charge on any atom is -0.375 e. The van der Waals surface area contributed by atoms with E-state index in [0.29, 0.717) is 13.0 Å². The number of halogens is 2. The van der Waals surface area contributed by atoms with E-state index in [4.69, 9.17) is 4.74 Å². The highest BCUT2D eigenvalue weighted by Crippen LogP contribution is 2.36. The largest absolute Gasteiger partial charge is 0.375 e. The Balaban J connectivity index is 1.73. The van der Waals surface area contributed by atoms with Gasteiger partial charge in [-0.1, -0.05) is 0 Å². The van der Waals surface area contributed by atoms with Crippen molar-refractivity contribution in [1.29, 1.82) is 0 Å². The Hall–Kier alpha value is -1.49. The second kappa shape index (κ2) is 5.72. The number of hydrogen-bond donors (Lipinski definition) is 0. The van der Waals surface area contributed by atoms with Gasteiger partial charge in [0, 0.05) is 31.7 Å². The van der Waals surface area contributed by atoms with E-state index in [2.05, 4.69) is 0 Å². The third kappa shape index (κ3) is 3.07. The van der Waals surface area contributed by atoms with Crippen molar-refractivity contribution in [3.05, 3.63) is 35.4 Å².